The molecule has 0 radical (unpaired) electrons. The Kier molecular flexibility index (Phi) is 18.3. The van der Waals surface area contributed by atoms with Crippen molar-refractivity contribution in [2.45, 2.75) is 136 Å². The van der Waals surface area contributed by atoms with Crippen molar-refractivity contribution < 1.29 is 0 Å². The molecule has 0 aliphatic heterocycles. The molecule has 0 fully saturated rings. The van der Waals surface area contributed by atoms with Gasteiger partial charge < -0.3 is 0 Å². The van der Waals surface area contributed by atoms with Crippen LogP contribution in [-0.2, 0) is 0 Å². The van der Waals surface area contributed by atoms with Gasteiger partial charge in [0.25, 0.3) is 0 Å². The van der Waals surface area contributed by atoms with E-state index in [1.54, 1.807) is 0 Å². The average Bonchev–Trinajstić information content (AvgIpc) is 2.64. The molecular weight excluding hydrogens is 411 g/mol. The predicted molar refractivity (Wildman–Crippen MR) is 136 cm³/mol. The monoisotopic (exact) mass is 464 g/mol. The molecule has 0 rings (SSSR count). The van der Waals surface area contributed by atoms with E-state index in [4.69, 9.17) is 0 Å². The second-order valence-electron chi connectivity index (χ2n) is 9.62. The molecule has 0 N–H and O–H groups in total. The summed E-state index contributed by atoms with van der Waals surface area (Å²) in [5, 5.41) is -1.62. The van der Waals surface area contributed by atoms with Crippen LogP contribution < -0.4 is 0 Å². The van der Waals surface area contributed by atoms with Gasteiger partial charge in [0, 0.05) is 0 Å². The molecule has 0 atom stereocenters. The van der Waals surface area contributed by atoms with Gasteiger partial charge in [-0.15, -0.1) is 0 Å². The first-order valence-electron chi connectivity index (χ1n) is 12.7. The second kappa shape index (κ2) is 17.7. The molecule has 0 unspecified atom stereocenters. The fraction of sp³-hybridized carbons (Fsp3) is 1.00. The van der Waals surface area contributed by atoms with E-state index in [9.17, 15) is 0 Å². The van der Waals surface area contributed by atoms with Gasteiger partial charge in [-0.25, -0.2) is 0 Å². The molecule has 27 heavy (non-hydrogen) atoms. The Morgan fingerprint density at radius 2 is 0.630 bits per heavy atom. The zero-order valence-electron chi connectivity index (χ0n) is 19.7. The third-order valence-electron chi connectivity index (χ3n) is 6.41. The molecule has 0 saturated carbocycles. The summed E-state index contributed by atoms with van der Waals surface area (Å²) in [4.78, 5) is 0. The predicted octanol–water partition coefficient (Wildman–Crippen LogP) is 10.6. The van der Waals surface area contributed by atoms with Gasteiger partial charge in [-0.2, -0.15) is 0 Å². The number of rotatable bonds is 21. The third kappa shape index (κ3) is 17.5. The summed E-state index contributed by atoms with van der Waals surface area (Å²) in [6, 6.07) is 0. The summed E-state index contributed by atoms with van der Waals surface area (Å²) in [7, 11) is 0. The maximum absolute atomic E-state index is 4.47. The first kappa shape index (κ1) is 27.9. The van der Waals surface area contributed by atoms with Crippen LogP contribution in [0.3, 0.4) is 0 Å². The average molecular weight is 466 g/mol. The van der Waals surface area contributed by atoms with Gasteiger partial charge in [-0.3, -0.25) is 0 Å². The van der Waals surface area contributed by atoms with Crippen molar-refractivity contribution in [2.75, 3.05) is 25.2 Å². The van der Waals surface area contributed by atoms with Crippen molar-refractivity contribution in [1.82, 2.24) is 0 Å². The Balaban J connectivity index is 4.29. The second-order valence-corrected chi connectivity index (χ2v) is 21.9. The van der Waals surface area contributed by atoms with Gasteiger partial charge >= 0.3 is 182 Å². The zero-order chi connectivity index (χ0) is 20.3. The van der Waals surface area contributed by atoms with Gasteiger partial charge in [0.2, 0.25) is 0 Å². The number of unbranched alkanes of at least 4 members (excludes halogenated alkanes) is 15. The third-order valence-corrected chi connectivity index (χ3v) is 14.3. The Hall–Kier alpha value is 0.910. The fourth-order valence-corrected chi connectivity index (χ4v) is 10.6. The quantitative estimate of drug-likeness (QED) is 0.117. The van der Waals surface area contributed by atoms with Crippen LogP contribution in [0.2, 0.25) is 0 Å². The molecule has 0 nitrogen and oxygen atoms in total. The summed E-state index contributed by atoms with van der Waals surface area (Å²) >= 11 is 4.47. The van der Waals surface area contributed by atoms with Gasteiger partial charge in [-0.1, -0.05) is 0 Å². The first-order valence-corrected chi connectivity index (χ1v) is 17.9. The van der Waals surface area contributed by atoms with Crippen molar-refractivity contribution in [3.63, 3.8) is 0 Å². The normalized spacial score (nSPS) is 13.6. The standard InChI is InChI=1S/C25H54BrP/c1-5-8-11-14-17-20-23-27(4,26,24-21-18-15-12-9-6-2)25-22-19-16-13-10-7-3/h5-25H2,1-4H3. The molecule has 0 spiro atoms. The van der Waals surface area contributed by atoms with E-state index in [0.717, 1.165) is 0 Å². The Morgan fingerprint density at radius 3 is 0.889 bits per heavy atom. The molecule has 0 aromatic carbocycles. The molecule has 0 aromatic heterocycles. The summed E-state index contributed by atoms with van der Waals surface area (Å²) in [5.74, 6) is 0. The minimum absolute atomic E-state index is 1.36. The molecular formula is C25H54BrP. The molecule has 0 heterocycles. The number of halogens is 1. The summed E-state index contributed by atoms with van der Waals surface area (Å²) in [6.45, 7) is 9.64. The summed E-state index contributed by atoms with van der Waals surface area (Å²) in [5.41, 5.74) is 0. The molecule has 166 valence electrons. The van der Waals surface area contributed by atoms with Crippen LogP contribution in [0.25, 0.3) is 0 Å². The van der Waals surface area contributed by atoms with E-state index in [1.807, 2.05) is 0 Å². The topological polar surface area (TPSA) is 0 Å². The van der Waals surface area contributed by atoms with Crippen molar-refractivity contribution >= 4 is 20.8 Å². The first-order chi connectivity index (χ1) is 13.0. The van der Waals surface area contributed by atoms with Crippen LogP contribution in [0.1, 0.15) is 136 Å². The minimum atomic E-state index is -1.62. The van der Waals surface area contributed by atoms with Crippen LogP contribution >= 0.6 is 20.8 Å². The van der Waals surface area contributed by atoms with E-state index in [-0.39, 0.29) is 0 Å². The van der Waals surface area contributed by atoms with E-state index in [2.05, 4.69) is 42.9 Å². The van der Waals surface area contributed by atoms with Crippen LogP contribution in [0.5, 0.6) is 0 Å². The maximum atomic E-state index is 4.47. The van der Waals surface area contributed by atoms with E-state index in [1.165, 1.54) is 134 Å². The molecule has 2 heteroatoms. The van der Waals surface area contributed by atoms with Crippen LogP contribution in [0.4, 0.5) is 0 Å². The Labute approximate surface area is 182 Å². The van der Waals surface area contributed by atoms with Crippen molar-refractivity contribution in [3.8, 4) is 0 Å². The van der Waals surface area contributed by atoms with Gasteiger partial charge in [0.1, 0.15) is 0 Å². The van der Waals surface area contributed by atoms with E-state index < -0.39 is 5.31 Å². The molecule has 0 aliphatic carbocycles. The molecule has 0 aromatic rings. The zero-order valence-corrected chi connectivity index (χ0v) is 22.2. The Morgan fingerprint density at radius 1 is 0.407 bits per heavy atom. The summed E-state index contributed by atoms with van der Waals surface area (Å²) in [6.07, 6.45) is 30.4. The molecule has 0 amide bonds. The fourth-order valence-electron chi connectivity index (χ4n) is 4.34. The SMILES string of the molecule is CCCCCCCCP(C)(Br)(CCCCCCCC)CCCCCCCC. The molecule has 0 saturated heterocycles. The van der Waals surface area contributed by atoms with Crippen molar-refractivity contribution in [2.24, 2.45) is 0 Å². The van der Waals surface area contributed by atoms with Crippen LogP contribution in [0.15, 0.2) is 0 Å². The van der Waals surface area contributed by atoms with Gasteiger partial charge in [-0.05, 0) is 0 Å². The van der Waals surface area contributed by atoms with Crippen LogP contribution in [0, 0.1) is 0 Å². The number of hydrogen-bond donors (Lipinski definition) is 0. The van der Waals surface area contributed by atoms with Gasteiger partial charge in [0.05, 0.1) is 0 Å². The Bertz CT molecular complexity index is 266. The molecule has 0 aliphatic rings. The molecule has 0 bridgehead atoms. The van der Waals surface area contributed by atoms with Crippen molar-refractivity contribution in [3.05, 3.63) is 0 Å². The number of hydrogen-bond acceptors (Lipinski definition) is 0. The summed E-state index contributed by atoms with van der Waals surface area (Å²) < 4.78 is 0. The van der Waals surface area contributed by atoms with Crippen LogP contribution in [-0.4, -0.2) is 25.2 Å². The van der Waals surface area contributed by atoms with Crippen molar-refractivity contribution in [1.29, 1.82) is 0 Å². The van der Waals surface area contributed by atoms with E-state index >= 15 is 0 Å². The van der Waals surface area contributed by atoms with Gasteiger partial charge in [0.15, 0.2) is 0 Å². The van der Waals surface area contributed by atoms with E-state index in [0.29, 0.717) is 0 Å².